The van der Waals surface area contributed by atoms with Crippen LogP contribution in [0.4, 0.5) is 8.78 Å². The Morgan fingerprint density at radius 3 is 2.65 bits per heavy atom. The second-order valence-corrected chi connectivity index (χ2v) is 6.86. The van der Waals surface area contributed by atoms with Crippen molar-refractivity contribution in [2.75, 3.05) is 0 Å². The molecular weight excluding hydrogens is 324 g/mol. The fourth-order valence-corrected chi connectivity index (χ4v) is 3.55. The molecule has 1 aromatic rings. The van der Waals surface area contributed by atoms with Crippen LogP contribution in [0, 0.1) is 23.5 Å². The van der Waals surface area contributed by atoms with Gasteiger partial charge < -0.3 is 5.32 Å². The lowest BCUT2D eigenvalue weighted by Crippen LogP contribution is -2.40. The topological polar surface area (TPSA) is 12.0 Å². The number of halogens is 3. The molecule has 112 valence electrons. The fraction of sp³-hybridized carbons (Fsp3) is 0.625. The number of nitrogens with one attached hydrogen (secondary N) is 1. The van der Waals surface area contributed by atoms with Gasteiger partial charge in [-0.15, -0.1) is 0 Å². The fourth-order valence-electron chi connectivity index (χ4n) is 3.18. The first-order valence-electron chi connectivity index (χ1n) is 7.36. The Bertz CT molecular complexity index is 462. The SMILES string of the molecule is CC(C)C1CCCCC1NCc1c(F)ccc(Br)c1F. The van der Waals surface area contributed by atoms with Gasteiger partial charge in [0.1, 0.15) is 11.6 Å². The molecule has 20 heavy (non-hydrogen) atoms. The molecule has 0 bridgehead atoms. The molecule has 4 heteroatoms. The quantitative estimate of drug-likeness (QED) is 0.754. The number of benzene rings is 1. The number of hydrogen-bond acceptors (Lipinski definition) is 1. The highest BCUT2D eigenvalue weighted by Gasteiger charge is 2.27. The smallest absolute Gasteiger partial charge is 0.144 e. The molecule has 0 saturated heterocycles. The Labute approximate surface area is 128 Å². The average molecular weight is 346 g/mol. The molecule has 1 aliphatic rings. The minimum absolute atomic E-state index is 0.132. The Kier molecular flexibility index (Phi) is 5.56. The van der Waals surface area contributed by atoms with Gasteiger partial charge in [0.25, 0.3) is 0 Å². The molecule has 2 atom stereocenters. The van der Waals surface area contributed by atoms with Crippen LogP contribution in [-0.4, -0.2) is 6.04 Å². The van der Waals surface area contributed by atoms with Gasteiger partial charge in [0.15, 0.2) is 0 Å². The van der Waals surface area contributed by atoms with Crippen molar-refractivity contribution in [2.24, 2.45) is 11.8 Å². The molecule has 1 fully saturated rings. The molecule has 0 aliphatic heterocycles. The van der Waals surface area contributed by atoms with Crippen molar-refractivity contribution in [1.29, 1.82) is 0 Å². The largest absolute Gasteiger partial charge is 0.309 e. The third-order valence-electron chi connectivity index (χ3n) is 4.36. The molecule has 1 saturated carbocycles. The van der Waals surface area contributed by atoms with E-state index >= 15 is 0 Å². The summed E-state index contributed by atoms with van der Waals surface area (Å²) in [6.07, 6.45) is 4.77. The summed E-state index contributed by atoms with van der Waals surface area (Å²) in [7, 11) is 0. The molecule has 2 unspecified atom stereocenters. The van der Waals surface area contributed by atoms with Crippen molar-refractivity contribution in [2.45, 2.75) is 52.1 Å². The van der Waals surface area contributed by atoms with Crippen LogP contribution in [0.3, 0.4) is 0 Å². The van der Waals surface area contributed by atoms with E-state index in [1.165, 1.54) is 31.4 Å². The van der Waals surface area contributed by atoms with Gasteiger partial charge >= 0.3 is 0 Å². The van der Waals surface area contributed by atoms with Gasteiger partial charge in [0.05, 0.1) is 4.47 Å². The van der Waals surface area contributed by atoms with E-state index in [2.05, 4.69) is 35.1 Å². The standard InChI is InChI=1S/C16H22BrF2N/c1-10(2)11-5-3-4-6-15(11)20-9-12-14(18)8-7-13(17)16(12)19/h7-8,10-11,15,20H,3-6,9H2,1-2H3. The number of hydrogen-bond donors (Lipinski definition) is 1. The second-order valence-electron chi connectivity index (χ2n) is 6.00. The van der Waals surface area contributed by atoms with E-state index in [0.717, 1.165) is 6.42 Å². The zero-order valence-corrected chi connectivity index (χ0v) is 13.6. The first kappa shape index (κ1) is 15.9. The van der Waals surface area contributed by atoms with Crippen molar-refractivity contribution < 1.29 is 8.78 Å². The predicted molar refractivity (Wildman–Crippen MR) is 81.5 cm³/mol. The van der Waals surface area contributed by atoms with Gasteiger partial charge in [-0.3, -0.25) is 0 Å². The molecule has 1 N–H and O–H groups in total. The van der Waals surface area contributed by atoms with Gasteiger partial charge in [0, 0.05) is 18.2 Å². The highest BCUT2D eigenvalue weighted by molar-refractivity contribution is 9.10. The highest BCUT2D eigenvalue weighted by atomic mass is 79.9. The van der Waals surface area contributed by atoms with E-state index in [1.54, 1.807) is 0 Å². The summed E-state index contributed by atoms with van der Waals surface area (Å²) < 4.78 is 28.0. The van der Waals surface area contributed by atoms with Crippen LogP contribution < -0.4 is 5.32 Å². The Balaban J connectivity index is 2.06. The van der Waals surface area contributed by atoms with Gasteiger partial charge in [-0.25, -0.2) is 8.78 Å². The first-order chi connectivity index (χ1) is 9.50. The summed E-state index contributed by atoms with van der Waals surface area (Å²) in [6, 6.07) is 3.08. The Morgan fingerprint density at radius 2 is 1.95 bits per heavy atom. The zero-order valence-electron chi connectivity index (χ0n) is 12.1. The molecule has 0 radical (unpaired) electrons. The van der Waals surface area contributed by atoms with Crippen molar-refractivity contribution in [1.82, 2.24) is 5.32 Å². The molecule has 1 nitrogen and oxygen atoms in total. The lowest BCUT2D eigenvalue weighted by Gasteiger charge is -2.35. The van der Waals surface area contributed by atoms with Crippen molar-refractivity contribution in [3.8, 4) is 0 Å². The molecule has 0 heterocycles. The van der Waals surface area contributed by atoms with E-state index in [9.17, 15) is 8.78 Å². The van der Waals surface area contributed by atoms with Crippen LogP contribution in [0.25, 0.3) is 0 Å². The minimum atomic E-state index is -0.491. The molecule has 0 amide bonds. The normalized spacial score (nSPS) is 23.3. The van der Waals surface area contributed by atoms with E-state index in [-0.39, 0.29) is 12.1 Å². The van der Waals surface area contributed by atoms with E-state index in [4.69, 9.17) is 0 Å². The van der Waals surface area contributed by atoms with Gasteiger partial charge in [-0.05, 0) is 52.7 Å². The van der Waals surface area contributed by atoms with Gasteiger partial charge in [0.2, 0.25) is 0 Å². The molecular formula is C16H22BrF2N. The summed E-state index contributed by atoms with van der Waals surface area (Å²) in [5.41, 5.74) is 0.132. The van der Waals surface area contributed by atoms with Crippen molar-refractivity contribution in [3.63, 3.8) is 0 Å². The number of rotatable bonds is 4. The lowest BCUT2D eigenvalue weighted by atomic mass is 9.78. The summed E-state index contributed by atoms with van der Waals surface area (Å²) >= 11 is 3.11. The third-order valence-corrected chi connectivity index (χ3v) is 4.97. The van der Waals surface area contributed by atoms with Crippen LogP contribution in [0.2, 0.25) is 0 Å². The van der Waals surface area contributed by atoms with Crippen molar-refractivity contribution >= 4 is 15.9 Å². The lowest BCUT2D eigenvalue weighted by molar-refractivity contribution is 0.203. The molecule has 2 rings (SSSR count). The van der Waals surface area contributed by atoms with E-state index < -0.39 is 11.6 Å². The van der Waals surface area contributed by atoms with Crippen LogP contribution in [0.15, 0.2) is 16.6 Å². The average Bonchev–Trinajstić information content (AvgIpc) is 2.43. The minimum Gasteiger partial charge on any atom is -0.309 e. The van der Waals surface area contributed by atoms with Gasteiger partial charge in [-0.1, -0.05) is 26.7 Å². The molecule has 0 spiro atoms. The maximum absolute atomic E-state index is 13.9. The molecule has 1 aromatic carbocycles. The zero-order chi connectivity index (χ0) is 14.7. The summed E-state index contributed by atoms with van der Waals surface area (Å²) in [5, 5.41) is 3.38. The van der Waals surface area contributed by atoms with Crippen LogP contribution in [-0.2, 0) is 6.54 Å². The van der Waals surface area contributed by atoms with Crippen LogP contribution >= 0.6 is 15.9 Å². The Morgan fingerprint density at radius 1 is 1.25 bits per heavy atom. The molecule has 0 aromatic heterocycles. The maximum atomic E-state index is 13.9. The first-order valence-corrected chi connectivity index (χ1v) is 8.15. The van der Waals surface area contributed by atoms with E-state index in [1.807, 2.05) is 0 Å². The van der Waals surface area contributed by atoms with Crippen molar-refractivity contribution in [3.05, 3.63) is 33.8 Å². The second kappa shape index (κ2) is 6.99. The maximum Gasteiger partial charge on any atom is 0.144 e. The summed E-state index contributed by atoms with van der Waals surface area (Å²) in [5.74, 6) is 0.233. The van der Waals surface area contributed by atoms with E-state index in [0.29, 0.717) is 22.4 Å². The third kappa shape index (κ3) is 3.59. The summed E-state index contributed by atoms with van der Waals surface area (Å²) in [4.78, 5) is 0. The molecule has 1 aliphatic carbocycles. The summed E-state index contributed by atoms with van der Waals surface area (Å²) in [6.45, 7) is 4.71. The highest BCUT2D eigenvalue weighted by Crippen LogP contribution is 2.31. The monoisotopic (exact) mass is 345 g/mol. The van der Waals surface area contributed by atoms with Crippen LogP contribution in [0.1, 0.15) is 45.1 Å². The van der Waals surface area contributed by atoms with Gasteiger partial charge in [-0.2, -0.15) is 0 Å². The van der Waals surface area contributed by atoms with Crippen LogP contribution in [0.5, 0.6) is 0 Å². The predicted octanol–water partition coefficient (Wildman–Crippen LogP) is 5.03. The Hall–Kier alpha value is -0.480.